The second-order valence-corrected chi connectivity index (χ2v) is 5.26. The summed E-state index contributed by atoms with van der Waals surface area (Å²) in [7, 11) is 0. The van der Waals surface area contributed by atoms with Gasteiger partial charge in [-0.3, -0.25) is 9.78 Å². The van der Waals surface area contributed by atoms with Crippen molar-refractivity contribution in [1.29, 1.82) is 0 Å². The van der Waals surface area contributed by atoms with Crippen LogP contribution in [-0.4, -0.2) is 16.9 Å². The molecule has 1 aliphatic carbocycles. The molecule has 0 aliphatic heterocycles. The van der Waals surface area contributed by atoms with E-state index in [1.165, 1.54) is 18.3 Å². The minimum absolute atomic E-state index is 0.220. The molecule has 0 saturated heterocycles. The normalized spacial score (nSPS) is 14.7. The molecule has 2 aromatic rings. The van der Waals surface area contributed by atoms with Crippen LogP contribution in [0.3, 0.4) is 0 Å². The van der Waals surface area contributed by atoms with Crippen molar-refractivity contribution >= 4 is 5.91 Å². The van der Waals surface area contributed by atoms with Crippen molar-refractivity contribution < 1.29 is 18.0 Å². The third-order valence-corrected chi connectivity index (χ3v) is 3.42. The van der Waals surface area contributed by atoms with Crippen molar-refractivity contribution in [3.63, 3.8) is 0 Å². The number of amides is 1. The largest absolute Gasteiger partial charge is 0.416 e. The van der Waals surface area contributed by atoms with Crippen LogP contribution in [0.1, 0.15) is 28.8 Å². The van der Waals surface area contributed by atoms with Crippen molar-refractivity contribution in [2.75, 3.05) is 0 Å². The maximum Gasteiger partial charge on any atom is 0.416 e. The number of alkyl halides is 3. The van der Waals surface area contributed by atoms with E-state index in [-0.39, 0.29) is 11.9 Å². The van der Waals surface area contributed by atoms with E-state index >= 15 is 0 Å². The summed E-state index contributed by atoms with van der Waals surface area (Å²) in [5.41, 5.74) is 0.333. The van der Waals surface area contributed by atoms with Gasteiger partial charge in [0.05, 0.1) is 11.3 Å². The Bertz CT molecular complexity index is 709. The van der Waals surface area contributed by atoms with Gasteiger partial charge < -0.3 is 5.32 Å². The molecule has 1 aromatic heterocycles. The van der Waals surface area contributed by atoms with Gasteiger partial charge in [0.15, 0.2) is 0 Å². The van der Waals surface area contributed by atoms with Gasteiger partial charge in [0.1, 0.15) is 0 Å². The van der Waals surface area contributed by atoms with Crippen LogP contribution in [0.25, 0.3) is 11.3 Å². The lowest BCUT2D eigenvalue weighted by Gasteiger charge is -2.09. The predicted molar refractivity (Wildman–Crippen MR) is 75.2 cm³/mol. The molecule has 3 rings (SSSR count). The van der Waals surface area contributed by atoms with Gasteiger partial charge >= 0.3 is 6.18 Å². The highest BCUT2D eigenvalue weighted by Gasteiger charge is 2.30. The Morgan fingerprint density at radius 3 is 2.64 bits per heavy atom. The molecule has 1 fully saturated rings. The smallest absolute Gasteiger partial charge is 0.349 e. The number of hydrogen-bond acceptors (Lipinski definition) is 2. The highest BCUT2D eigenvalue weighted by molar-refractivity contribution is 5.95. The van der Waals surface area contributed by atoms with Gasteiger partial charge in [0.2, 0.25) is 0 Å². The lowest BCUT2D eigenvalue weighted by molar-refractivity contribution is -0.137. The first kappa shape index (κ1) is 14.6. The average Bonchev–Trinajstić information content (AvgIpc) is 3.31. The summed E-state index contributed by atoms with van der Waals surface area (Å²) in [4.78, 5) is 16.0. The summed E-state index contributed by atoms with van der Waals surface area (Å²) in [6, 6.07) is 8.19. The fraction of sp³-hybridized carbons (Fsp3) is 0.250. The lowest BCUT2D eigenvalue weighted by atomic mass is 10.1. The van der Waals surface area contributed by atoms with E-state index in [0.717, 1.165) is 25.0 Å². The summed E-state index contributed by atoms with van der Waals surface area (Å²) in [6.07, 6.45) is -1.04. The van der Waals surface area contributed by atoms with Crippen molar-refractivity contribution in [3.8, 4) is 11.3 Å². The highest BCUT2D eigenvalue weighted by atomic mass is 19.4. The summed E-state index contributed by atoms with van der Waals surface area (Å²) < 4.78 is 38.3. The van der Waals surface area contributed by atoms with Crippen LogP contribution in [-0.2, 0) is 6.18 Å². The number of carbonyl (C=O) groups is 1. The molecule has 0 radical (unpaired) electrons. The van der Waals surface area contributed by atoms with Gasteiger partial charge in [-0.15, -0.1) is 0 Å². The maximum atomic E-state index is 12.8. The first-order chi connectivity index (χ1) is 10.4. The van der Waals surface area contributed by atoms with Crippen LogP contribution in [0, 0.1) is 0 Å². The Balaban J connectivity index is 1.90. The number of nitrogens with one attached hydrogen (secondary N) is 1. The van der Waals surface area contributed by atoms with Gasteiger partial charge in [-0.1, -0.05) is 12.1 Å². The molecule has 22 heavy (non-hydrogen) atoms. The molecule has 0 bridgehead atoms. The number of pyridine rings is 1. The molecule has 0 atom stereocenters. The first-order valence-electron chi connectivity index (χ1n) is 6.88. The summed E-state index contributed by atoms with van der Waals surface area (Å²) in [6.45, 7) is 0. The molecular weight excluding hydrogens is 293 g/mol. The van der Waals surface area contributed by atoms with Crippen LogP contribution in [0.15, 0.2) is 42.6 Å². The second-order valence-electron chi connectivity index (χ2n) is 5.26. The van der Waals surface area contributed by atoms with E-state index in [4.69, 9.17) is 0 Å². The quantitative estimate of drug-likeness (QED) is 0.940. The zero-order chi connectivity index (χ0) is 15.7. The average molecular weight is 306 g/mol. The van der Waals surface area contributed by atoms with Crippen molar-refractivity contribution in [2.45, 2.75) is 25.1 Å². The van der Waals surface area contributed by atoms with Gasteiger partial charge in [0, 0.05) is 23.4 Å². The fourth-order valence-corrected chi connectivity index (χ4v) is 2.08. The van der Waals surface area contributed by atoms with Crippen molar-refractivity contribution in [1.82, 2.24) is 10.3 Å². The molecule has 6 heteroatoms. The molecule has 1 N–H and O–H groups in total. The minimum Gasteiger partial charge on any atom is -0.349 e. The molecule has 1 aromatic carbocycles. The Morgan fingerprint density at radius 1 is 1.18 bits per heavy atom. The molecule has 0 spiro atoms. The number of aromatic nitrogens is 1. The van der Waals surface area contributed by atoms with E-state index in [1.807, 2.05) is 0 Å². The van der Waals surface area contributed by atoms with Crippen LogP contribution < -0.4 is 5.32 Å². The fourth-order valence-electron chi connectivity index (χ4n) is 2.08. The molecule has 114 valence electrons. The monoisotopic (exact) mass is 306 g/mol. The van der Waals surface area contributed by atoms with Gasteiger partial charge in [-0.05, 0) is 37.1 Å². The standard InChI is InChI=1S/C16H13F3N2O/c17-16(18,19)12-3-1-2-10(8-12)14-9-11(6-7-20-14)15(22)21-13-4-5-13/h1-3,6-9,13H,4-5H2,(H,21,22). The molecule has 0 unspecified atom stereocenters. The number of carbonyl (C=O) groups excluding carboxylic acids is 1. The van der Waals surface area contributed by atoms with Crippen LogP contribution in [0.5, 0.6) is 0 Å². The van der Waals surface area contributed by atoms with E-state index in [2.05, 4.69) is 10.3 Å². The number of rotatable bonds is 3. The van der Waals surface area contributed by atoms with Gasteiger partial charge in [0.25, 0.3) is 5.91 Å². The van der Waals surface area contributed by atoms with Crippen LogP contribution in [0.4, 0.5) is 13.2 Å². The van der Waals surface area contributed by atoms with Gasteiger partial charge in [-0.2, -0.15) is 13.2 Å². The van der Waals surface area contributed by atoms with Gasteiger partial charge in [-0.25, -0.2) is 0 Å². The topological polar surface area (TPSA) is 42.0 Å². The number of benzene rings is 1. The Hall–Kier alpha value is -2.37. The maximum absolute atomic E-state index is 12.8. The van der Waals surface area contributed by atoms with E-state index < -0.39 is 11.7 Å². The van der Waals surface area contributed by atoms with Crippen molar-refractivity contribution in [3.05, 3.63) is 53.7 Å². The molecule has 1 heterocycles. The lowest BCUT2D eigenvalue weighted by Crippen LogP contribution is -2.25. The highest BCUT2D eigenvalue weighted by Crippen LogP contribution is 2.31. The summed E-state index contributed by atoms with van der Waals surface area (Å²) in [5.74, 6) is -0.224. The Labute approximate surface area is 125 Å². The third-order valence-electron chi connectivity index (χ3n) is 3.42. The Kier molecular flexibility index (Phi) is 3.60. The Morgan fingerprint density at radius 2 is 1.95 bits per heavy atom. The number of halogens is 3. The molecule has 1 saturated carbocycles. The summed E-state index contributed by atoms with van der Waals surface area (Å²) in [5, 5.41) is 2.84. The molecule has 1 aliphatic rings. The zero-order valence-corrected chi connectivity index (χ0v) is 11.5. The minimum atomic E-state index is -4.41. The SMILES string of the molecule is O=C(NC1CC1)c1ccnc(-c2cccc(C(F)(F)F)c2)c1. The molecule has 3 nitrogen and oxygen atoms in total. The molecular formula is C16H13F3N2O. The third kappa shape index (κ3) is 3.27. The first-order valence-corrected chi connectivity index (χ1v) is 6.88. The van der Waals surface area contributed by atoms with E-state index in [9.17, 15) is 18.0 Å². The summed E-state index contributed by atoms with van der Waals surface area (Å²) >= 11 is 0. The van der Waals surface area contributed by atoms with Crippen LogP contribution >= 0.6 is 0 Å². The predicted octanol–water partition coefficient (Wildman–Crippen LogP) is 3.66. The van der Waals surface area contributed by atoms with Crippen molar-refractivity contribution in [2.24, 2.45) is 0 Å². The van der Waals surface area contributed by atoms with Crippen LogP contribution in [0.2, 0.25) is 0 Å². The second kappa shape index (κ2) is 5.44. The van der Waals surface area contributed by atoms with E-state index in [0.29, 0.717) is 16.8 Å². The zero-order valence-electron chi connectivity index (χ0n) is 11.5. The van der Waals surface area contributed by atoms with E-state index in [1.54, 1.807) is 12.1 Å². The number of hydrogen-bond donors (Lipinski definition) is 1. The number of nitrogens with zero attached hydrogens (tertiary/aromatic N) is 1. The molecule has 1 amide bonds.